The van der Waals surface area contributed by atoms with Crippen LogP contribution in [0, 0.1) is 5.92 Å². The molecule has 0 saturated heterocycles. The first kappa shape index (κ1) is 14.1. The van der Waals surface area contributed by atoms with Crippen LogP contribution >= 0.6 is 0 Å². The highest BCUT2D eigenvalue weighted by Gasteiger charge is 2.33. The minimum atomic E-state index is -0.532. The summed E-state index contributed by atoms with van der Waals surface area (Å²) in [7, 11) is 0. The van der Waals surface area contributed by atoms with E-state index in [0.29, 0.717) is 13.0 Å². The van der Waals surface area contributed by atoms with Crippen LogP contribution in [0.2, 0.25) is 0 Å². The Kier molecular flexibility index (Phi) is 3.92. The number of hydrogen-bond acceptors (Lipinski definition) is 3. The van der Waals surface area contributed by atoms with E-state index in [1.54, 1.807) is 4.90 Å². The van der Waals surface area contributed by atoms with Gasteiger partial charge in [-0.1, -0.05) is 24.3 Å². The predicted octanol–water partition coefficient (Wildman–Crippen LogP) is 0.425. The summed E-state index contributed by atoms with van der Waals surface area (Å²) >= 11 is 0. The fourth-order valence-corrected chi connectivity index (χ4v) is 2.85. The molecule has 2 amide bonds. The number of nitrogens with one attached hydrogen (secondary N) is 1. The number of nitrogens with zero attached hydrogens (tertiary/aromatic N) is 1. The Morgan fingerprint density at radius 1 is 1.24 bits per heavy atom. The highest BCUT2D eigenvalue weighted by Crippen LogP contribution is 2.27. The average molecular weight is 287 g/mol. The van der Waals surface area contributed by atoms with Crippen molar-refractivity contribution in [2.45, 2.75) is 31.8 Å². The van der Waals surface area contributed by atoms with Gasteiger partial charge in [0.15, 0.2) is 0 Å². The van der Waals surface area contributed by atoms with Crippen molar-refractivity contribution in [3.8, 4) is 0 Å². The van der Waals surface area contributed by atoms with E-state index in [1.165, 1.54) is 12.8 Å². The summed E-state index contributed by atoms with van der Waals surface area (Å²) in [5.74, 6) is 0.251. The maximum Gasteiger partial charge on any atom is 0.240 e. The Balaban J connectivity index is 1.68. The zero-order valence-corrected chi connectivity index (χ0v) is 12.0. The number of nitrogens with two attached hydrogens (primary N) is 1. The molecular formula is C16H21N3O2. The summed E-state index contributed by atoms with van der Waals surface area (Å²) in [6.45, 7) is 1.63. The van der Waals surface area contributed by atoms with Gasteiger partial charge in [0.25, 0.3) is 0 Å². The molecule has 1 heterocycles. The number of carbonyl (C=O) groups is 2. The molecule has 1 atom stereocenters. The highest BCUT2D eigenvalue weighted by atomic mass is 16.2. The molecule has 0 bridgehead atoms. The minimum absolute atomic E-state index is 0.0473. The van der Waals surface area contributed by atoms with Crippen LogP contribution in [0.25, 0.3) is 0 Å². The maximum absolute atomic E-state index is 12.4. The van der Waals surface area contributed by atoms with Crippen LogP contribution in [0.3, 0.4) is 0 Å². The van der Waals surface area contributed by atoms with Crippen LogP contribution in [-0.4, -0.2) is 35.8 Å². The van der Waals surface area contributed by atoms with Crippen molar-refractivity contribution in [1.82, 2.24) is 10.2 Å². The van der Waals surface area contributed by atoms with E-state index in [1.807, 2.05) is 24.3 Å². The number of rotatable bonds is 5. The van der Waals surface area contributed by atoms with E-state index in [2.05, 4.69) is 5.32 Å². The monoisotopic (exact) mass is 287 g/mol. The van der Waals surface area contributed by atoms with Crippen molar-refractivity contribution >= 4 is 11.8 Å². The lowest BCUT2D eigenvalue weighted by Crippen LogP contribution is -2.53. The number of carbonyl (C=O) groups excluding carboxylic acids is 2. The zero-order chi connectivity index (χ0) is 14.8. The number of hydrogen-bond donors (Lipinski definition) is 2. The molecule has 1 fully saturated rings. The van der Waals surface area contributed by atoms with Crippen LogP contribution in [0.5, 0.6) is 0 Å². The molecule has 0 unspecified atom stereocenters. The molecule has 0 radical (unpaired) electrons. The van der Waals surface area contributed by atoms with Crippen molar-refractivity contribution in [2.75, 3.05) is 13.1 Å². The van der Waals surface area contributed by atoms with Gasteiger partial charge in [0.05, 0.1) is 6.54 Å². The van der Waals surface area contributed by atoms with Gasteiger partial charge in [-0.2, -0.15) is 0 Å². The maximum atomic E-state index is 12.4. The number of fused-ring (bicyclic) bond motifs is 1. The molecule has 1 aromatic rings. The summed E-state index contributed by atoms with van der Waals surface area (Å²) in [6, 6.07) is 7.38. The topological polar surface area (TPSA) is 75.4 Å². The molecule has 0 aromatic heterocycles. The van der Waals surface area contributed by atoms with E-state index >= 15 is 0 Å². The third kappa shape index (κ3) is 3.24. The fourth-order valence-electron chi connectivity index (χ4n) is 2.85. The molecule has 3 rings (SSSR count). The smallest absolute Gasteiger partial charge is 0.240 e. The molecule has 1 aliphatic heterocycles. The number of benzene rings is 1. The van der Waals surface area contributed by atoms with Gasteiger partial charge < -0.3 is 16.0 Å². The molecule has 5 heteroatoms. The lowest BCUT2D eigenvalue weighted by atomic mass is 9.93. The van der Waals surface area contributed by atoms with Gasteiger partial charge in [0.1, 0.15) is 6.04 Å². The Morgan fingerprint density at radius 2 is 1.95 bits per heavy atom. The van der Waals surface area contributed by atoms with Crippen LogP contribution in [0.1, 0.15) is 24.0 Å². The van der Waals surface area contributed by atoms with Gasteiger partial charge in [-0.25, -0.2) is 0 Å². The normalized spacial score (nSPS) is 21.0. The molecule has 2 aliphatic rings. The standard InChI is InChI=1S/C16H21N3O2/c17-16(21)14-7-12-3-1-2-4-13(12)10-19(14)15(20)9-18-8-11-5-6-11/h1-4,11,14,18H,5-10H2,(H2,17,21)/t14-/m0/s1. The summed E-state index contributed by atoms with van der Waals surface area (Å²) in [6.07, 6.45) is 3.02. The van der Waals surface area contributed by atoms with E-state index in [0.717, 1.165) is 23.6 Å². The van der Waals surface area contributed by atoms with Gasteiger partial charge in [-0.15, -0.1) is 0 Å². The van der Waals surface area contributed by atoms with Gasteiger partial charge >= 0.3 is 0 Å². The second kappa shape index (κ2) is 5.85. The second-order valence-corrected chi connectivity index (χ2v) is 5.99. The number of primary amides is 1. The quantitative estimate of drug-likeness (QED) is 0.824. The van der Waals surface area contributed by atoms with Crippen LogP contribution in [0.4, 0.5) is 0 Å². The van der Waals surface area contributed by atoms with Crippen molar-refractivity contribution in [3.63, 3.8) is 0 Å². The first-order valence-electron chi connectivity index (χ1n) is 7.51. The molecule has 1 aliphatic carbocycles. The largest absolute Gasteiger partial charge is 0.368 e. The SMILES string of the molecule is NC(=O)[C@@H]1Cc2ccccc2CN1C(=O)CNCC1CC1. The first-order valence-corrected chi connectivity index (χ1v) is 7.51. The van der Waals surface area contributed by atoms with Crippen LogP contribution in [0.15, 0.2) is 24.3 Å². The predicted molar refractivity (Wildman–Crippen MR) is 79.3 cm³/mol. The second-order valence-electron chi connectivity index (χ2n) is 5.99. The first-order chi connectivity index (χ1) is 10.1. The van der Waals surface area contributed by atoms with Crippen molar-refractivity contribution < 1.29 is 9.59 Å². The zero-order valence-electron chi connectivity index (χ0n) is 12.0. The van der Waals surface area contributed by atoms with E-state index in [9.17, 15) is 9.59 Å². The molecule has 5 nitrogen and oxygen atoms in total. The Morgan fingerprint density at radius 3 is 2.62 bits per heavy atom. The average Bonchev–Trinajstić information content (AvgIpc) is 3.30. The molecule has 21 heavy (non-hydrogen) atoms. The third-order valence-electron chi connectivity index (χ3n) is 4.30. The molecule has 1 saturated carbocycles. The van der Waals surface area contributed by atoms with Crippen molar-refractivity contribution in [2.24, 2.45) is 11.7 Å². The Bertz CT molecular complexity index is 554. The Hall–Kier alpha value is -1.88. The van der Waals surface area contributed by atoms with Gasteiger partial charge in [0.2, 0.25) is 11.8 Å². The summed E-state index contributed by atoms with van der Waals surface area (Å²) in [5, 5.41) is 3.18. The van der Waals surface area contributed by atoms with Crippen molar-refractivity contribution in [1.29, 1.82) is 0 Å². The summed E-state index contributed by atoms with van der Waals surface area (Å²) < 4.78 is 0. The fraction of sp³-hybridized carbons (Fsp3) is 0.500. The van der Waals surface area contributed by atoms with Crippen LogP contribution in [-0.2, 0) is 22.6 Å². The van der Waals surface area contributed by atoms with E-state index in [-0.39, 0.29) is 12.5 Å². The number of amides is 2. The summed E-state index contributed by atoms with van der Waals surface area (Å²) in [5.41, 5.74) is 7.70. The van der Waals surface area contributed by atoms with E-state index < -0.39 is 11.9 Å². The van der Waals surface area contributed by atoms with E-state index in [4.69, 9.17) is 5.73 Å². The minimum Gasteiger partial charge on any atom is -0.368 e. The molecule has 1 aromatic carbocycles. The lowest BCUT2D eigenvalue weighted by Gasteiger charge is -2.35. The summed E-state index contributed by atoms with van der Waals surface area (Å²) in [4.78, 5) is 25.7. The van der Waals surface area contributed by atoms with Gasteiger partial charge in [0, 0.05) is 13.0 Å². The highest BCUT2D eigenvalue weighted by molar-refractivity contribution is 5.88. The molecular weight excluding hydrogens is 266 g/mol. The Labute approximate surface area is 124 Å². The van der Waals surface area contributed by atoms with Crippen LogP contribution < -0.4 is 11.1 Å². The lowest BCUT2D eigenvalue weighted by molar-refractivity contribution is -0.139. The molecule has 112 valence electrons. The van der Waals surface area contributed by atoms with Gasteiger partial charge in [-0.3, -0.25) is 9.59 Å². The molecule has 3 N–H and O–H groups in total. The third-order valence-corrected chi connectivity index (χ3v) is 4.30. The van der Waals surface area contributed by atoms with Gasteiger partial charge in [-0.05, 0) is 36.4 Å². The molecule has 0 spiro atoms. The van der Waals surface area contributed by atoms with Crippen molar-refractivity contribution in [3.05, 3.63) is 35.4 Å².